The fourth-order valence-corrected chi connectivity index (χ4v) is 0.113. The van der Waals surface area contributed by atoms with E-state index in [9.17, 15) is 9.59 Å². The minimum Gasteiger partial charge on any atom is -0.260 e. The van der Waals surface area contributed by atoms with E-state index in [1.807, 2.05) is 0 Å². The average molecular weight is 185 g/mol. The molecule has 0 N–H and O–H groups in total. The fourth-order valence-electron chi connectivity index (χ4n) is 0.113. The molecule has 0 amide bonds. The first-order chi connectivity index (χ1) is 4.13. The minimum atomic E-state index is -0.684. The summed E-state index contributed by atoms with van der Waals surface area (Å²) in [5, 5.41) is 3.66. The average Bonchev–Trinajstić information content (AvgIpc) is 1.63. The van der Waals surface area contributed by atoms with Crippen LogP contribution in [0.2, 0.25) is 0 Å². The monoisotopic (exact) mass is 185 g/mol. The summed E-state index contributed by atoms with van der Waals surface area (Å²) in [5.74, 6) is -1.37. The van der Waals surface area contributed by atoms with E-state index in [0.717, 1.165) is 13.8 Å². The summed E-state index contributed by atoms with van der Waals surface area (Å²) in [6.07, 6.45) is 0. The van der Waals surface area contributed by atoms with Gasteiger partial charge in [0.25, 0.3) is 0 Å². The van der Waals surface area contributed by atoms with E-state index in [-0.39, 0.29) is 18.6 Å². The maximum absolute atomic E-state index is 9.89. The van der Waals surface area contributed by atoms with E-state index in [0.29, 0.717) is 0 Å². The van der Waals surface area contributed by atoms with E-state index in [1.54, 1.807) is 0 Å². The molecule has 0 unspecified atom stereocenters. The Morgan fingerprint density at radius 2 is 1.30 bits per heavy atom. The normalized spacial score (nSPS) is 7.40. The van der Waals surface area contributed by atoms with Gasteiger partial charge in [-0.25, -0.2) is 9.59 Å². The molecular weight excluding hydrogens is 179 g/mol. The first-order valence-corrected chi connectivity index (χ1v) is 2.15. The van der Waals surface area contributed by atoms with Gasteiger partial charge in [-0.1, -0.05) is 0 Å². The maximum atomic E-state index is 9.89. The van der Waals surface area contributed by atoms with Gasteiger partial charge in [0.15, 0.2) is 0 Å². The zero-order chi connectivity index (χ0) is 7.28. The summed E-state index contributed by atoms with van der Waals surface area (Å²) in [7, 11) is 0. The van der Waals surface area contributed by atoms with Crippen LogP contribution in [0.25, 0.3) is 0 Å². The van der Waals surface area contributed by atoms with Gasteiger partial charge in [0.1, 0.15) is 0 Å². The molecule has 0 aromatic heterocycles. The summed E-state index contributed by atoms with van der Waals surface area (Å²) < 4.78 is 0. The zero-order valence-corrected chi connectivity index (χ0v) is 6.89. The predicted octanol–water partition coefficient (Wildman–Crippen LogP) is -0.0433. The summed E-state index contributed by atoms with van der Waals surface area (Å²) in [6, 6.07) is 0. The van der Waals surface area contributed by atoms with Gasteiger partial charge in [-0.3, -0.25) is 9.78 Å². The van der Waals surface area contributed by atoms with Crippen molar-refractivity contribution in [1.29, 1.82) is 0 Å². The second-order valence-corrected chi connectivity index (χ2v) is 1.22. The van der Waals surface area contributed by atoms with Crippen LogP contribution in [0, 0.1) is 0 Å². The van der Waals surface area contributed by atoms with Crippen LogP contribution in [0.4, 0.5) is 0 Å². The van der Waals surface area contributed by atoms with Gasteiger partial charge < -0.3 is 0 Å². The molecule has 0 heterocycles. The van der Waals surface area contributed by atoms with Gasteiger partial charge >= 0.3 is 11.9 Å². The van der Waals surface area contributed by atoms with Crippen LogP contribution in [0.1, 0.15) is 13.8 Å². The standard InChI is InChI=1S/C4H6O5.V/c1-3(5)7-9-8-4(2)6;/h1-2H3;. The molecule has 0 saturated heterocycles. The van der Waals surface area contributed by atoms with Crippen LogP contribution in [0.5, 0.6) is 0 Å². The first-order valence-electron chi connectivity index (χ1n) is 2.15. The third kappa shape index (κ3) is 10.5. The molecule has 0 atom stereocenters. The second-order valence-electron chi connectivity index (χ2n) is 1.22. The molecule has 5 nitrogen and oxygen atoms in total. The summed E-state index contributed by atoms with van der Waals surface area (Å²) in [6.45, 7) is 2.23. The Bertz CT molecular complexity index is 109. The Labute approximate surface area is 69.4 Å². The first kappa shape index (κ1) is 12.2. The molecule has 0 spiro atoms. The molecule has 0 aromatic rings. The van der Waals surface area contributed by atoms with Crippen molar-refractivity contribution in [2.75, 3.05) is 0 Å². The van der Waals surface area contributed by atoms with Gasteiger partial charge in [-0.15, -0.1) is 0 Å². The summed E-state index contributed by atoms with van der Waals surface area (Å²) in [4.78, 5) is 27.3. The molecule has 0 aromatic carbocycles. The second kappa shape index (κ2) is 6.60. The van der Waals surface area contributed by atoms with Gasteiger partial charge in [-0.05, 0) is 0 Å². The predicted molar refractivity (Wildman–Crippen MR) is 24.6 cm³/mol. The van der Waals surface area contributed by atoms with Crippen LogP contribution >= 0.6 is 0 Å². The topological polar surface area (TPSA) is 61.8 Å². The molecular formula is C4H6O5V. The third-order valence-electron chi connectivity index (χ3n) is 0.303. The Hall–Kier alpha value is -0.516. The van der Waals surface area contributed by atoms with Crippen molar-refractivity contribution in [3.05, 3.63) is 0 Å². The van der Waals surface area contributed by atoms with E-state index >= 15 is 0 Å². The van der Waals surface area contributed by atoms with Gasteiger partial charge in [0.05, 0.1) is 0 Å². The van der Waals surface area contributed by atoms with Crippen LogP contribution in [0.3, 0.4) is 0 Å². The summed E-state index contributed by atoms with van der Waals surface area (Å²) >= 11 is 0. The van der Waals surface area contributed by atoms with Crippen molar-refractivity contribution in [3.63, 3.8) is 0 Å². The Morgan fingerprint density at radius 1 is 1.00 bits per heavy atom. The molecule has 0 fully saturated rings. The Morgan fingerprint density at radius 3 is 1.50 bits per heavy atom. The molecule has 0 aliphatic heterocycles. The van der Waals surface area contributed by atoms with Crippen molar-refractivity contribution < 1.29 is 43.0 Å². The van der Waals surface area contributed by atoms with Crippen molar-refractivity contribution in [1.82, 2.24) is 0 Å². The number of hydrogen-bond donors (Lipinski definition) is 0. The van der Waals surface area contributed by atoms with Gasteiger partial charge in [0, 0.05) is 37.4 Å². The molecule has 0 aliphatic rings. The number of carbonyl (C=O) groups is 2. The number of carbonyl (C=O) groups excluding carboxylic acids is 2. The molecule has 0 aliphatic carbocycles. The van der Waals surface area contributed by atoms with E-state index in [2.05, 4.69) is 14.8 Å². The SMILES string of the molecule is CC(=O)OOOC(C)=O.[V]. The van der Waals surface area contributed by atoms with Crippen LogP contribution in [-0.4, -0.2) is 11.9 Å². The molecule has 57 valence electrons. The smallest absolute Gasteiger partial charge is 0.260 e. The number of hydrogen-bond acceptors (Lipinski definition) is 5. The third-order valence-corrected chi connectivity index (χ3v) is 0.303. The number of rotatable bonds is 2. The quantitative estimate of drug-likeness (QED) is 0.446. The molecule has 10 heavy (non-hydrogen) atoms. The minimum absolute atomic E-state index is 0. The maximum Gasteiger partial charge on any atom is 0.343 e. The van der Waals surface area contributed by atoms with E-state index < -0.39 is 11.9 Å². The molecule has 0 saturated carbocycles. The fraction of sp³-hybridized carbons (Fsp3) is 0.500. The van der Waals surface area contributed by atoms with Crippen LogP contribution < -0.4 is 0 Å². The zero-order valence-electron chi connectivity index (χ0n) is 5.49. The molecule has 6 heteroatoms. The molecule has 0 bridgehead atoms. The molecule has 1 radical (unpaired) electrons. The van der Waals surface area contributed by atoms with E-state index in [4.69, 9.17) is 0 Å². The van der Waals surface area contributed by atoms with Gasteiger partial charge in [0.2, 0.25) is 0 Å². The van der Waals surface area contributed by atoms with Crippen molar-refractivity contribution in [2.45, 2.75) is 13.8 Å². The Kier molecular flexibility index (Phi) is 8.05. The Balaban J connectivity index is 0. The molecule has 0 rings (SSSR count). The largest absolute Gasteiger partial charge is 0.343 e. The van der Waals surface area contributed by atoms with Crippen molar-refractivity contribution in [2.24, 2.45) is 0 Å². The van der Waals surface area contributed by atoms with Crippen molar-refractivity contribution >= 4 is 11.9 Å². The van der Waals surface area contributed by atoms with Crippen LogP contribution in [0.15, 0.2) is 0 Å². The summed E-state index contributed by atoms with van der Waals surface area (Å²) in [5.41, 5.74) is 0. The van der Waals surface area contributed by atoms with Crippen molar-refractivity contribution in [3.8, 4) is 0 Å². The van der Waals surface area contributed by atoms with E-state index in [1.165, 1.54) is 0 Å². The van der Waals surface area contributed by atoms with Crippen LogP contribution in [-0.2, 0) is 43.0 Å². The van der Waals surface area contributed by atoms with Gasteiger partial charge in [-0.2, -0.15) is 0 Å².